The van der Waals surface area contributed by atoms with Gasteiger partial charge >= 0.3 is 6.18 Å². The molecule has 1 aromatic carbocycles. The van der Waals surface area contributed by atoms with Crippen LogP contribution in [0, 0.1) is 0 Å². The molecule has 0 unspecified atom stereocenters. The Kier molecular flexibility index (Phi) is 3.48. The molecule has 0 amide bonds. The number of nitrogens with zero attached hydrogens (tertiary/aromatic N) is 2. The lowest BCUT2D eigenvalue weighted by atomic mass is 10.2. The molecule has 0 saturated heterocycles. The fourth-order valence-corrected chi connectivity index (χ4v) is 2.92. The molecule has 23 heavy (non-hydrogen) atoms. The van der Waals surface area contributed by atoms with Crippen LogP contribution >= 0.6 is 0 Å². The van der Waals surface area contributed by atoms with Gasteiger partial charge in [0.25, 0.3) is 10.0 Å². The van der Waals surface area contributed by atoms with Crippen LogP contribution in [0.2, 0.25) is 0 Å². The van der Waals surface area contributed by atoms with E-state index in [4.69, 9.17) is 0 Å². The van der Waals surface area contributed by atoms with Gasteiger partial charge in [-0.1, -0.05) is 0 Å². The van der Waals surface area contributed by atoms with Crippen molar-refractivity contribution in [3.8, 4) is 0 Å². The van der Waals surface area contributed by atoms with E-state index in [1.54, 1.807) is 12.3 Å². The standard InChI is InChI=1S/C13H9F3N4O2S/c14-13(15,16)12-4-3-10(7-17-12)23(21,22)20-9-2-1-8-6-18-19-11(8)5-9/h1-7,20H,(H,18,19). The van der Waals surface area contributed by atoms with Crippen molar-refractivity contribution < 1.29 is 21.6 Å². The summed E-state index contributed by atoms with van der Waals surface area (Å²) in [7, 11) is -4.04. The van der Waals surface area contributed by atoms with Gasteiger partial charge in [0, 0.05) is 11.6 Å². The summed E-state index contributed by atoms with van der Waals surface area (Å²) in [4.78, 5) is 2.77. The van der Waals surface area contributed by atoms with Crippen LogP contribution in [0.1, 0.15) is 5.69 Å². The van der Waals surface area contributed by atoms with Crippen LogP contribution in [0.5, 0.6) is 0 Å². The molecular formula is C13H9F3N4O2S. The first-order chi connectivity index (χ1) is 10.8. The van der Waals surface area contributed by atoms with Crippen LogP contribution in [0.15, 0.2) is 47.6 Å². The van der Waals surface area contributed by atoms with Gasteiger partial charge in [-0.05, 0) is 30.3 Å². The molecule has 10 heteroatoms. The quantitative estimate of drug-likeness (QED) is 0.766. The molecule has 0 aliphatic heterocycles. The molecule has 0 fully saturated rings. The second kappa shape index (κ2) is 5.23. The van der Waals surface area contributed by atoms with Crippen LogP contribution in [0.3, 0.4) is 0 Å². The highest BCUT2D eigenvalue weighted by Crippen LogP contribution is 2.28. The number of hydrogen-bond acceptors (Lipinski definition) is 4. The van der Waals surface area contributed by atoms with Crippen molar-refractivity contribution in [2.24, 2.45) is 0 Å². The summed E-state index contributed by atoms with van der Waals surface area (Å²) in [5, 5.41) is 7.29. The number of aromatic nitrogens is 3. The van der Waals surface area contributed by atoms with Gasteiger partial charge in [-0.15, -0.1) is 0 Å². The van der Waals surface area contributed by atoms with Crippen LogP contribution < -0.4 is 4.72 Å². The van der Waals surface area contributed by atoms with Crippen LogP contribution in [-0.4, -0.2) is 23.6 Å². The van der Waals surface area contributed by atoms with Gasteiger partial charge < -0.3 is 0 Å². The predicted molar refractivity (Wildman–Crippen MR) is 76.1 cm³/mol. The Labute approximate surface area is 128 Å². The minimum absolute atomic E-state index is 0.252. The first kappa shape index (κ1) is 15.3. The third-order valence-electron chi connectivity index (χ3n) is 3.03. The maximum atomic E-state index is 12.4. The number of alkyl halides is 3. The molecule has 0 aliphatic carbocycles. The van der Waals surface area contributed by atoms with E-state index in [2.05, 4.69) is 19.9 Å². The van der Waals surface area contributed by atoms with Crippen LogP contribution in [-0.2, 0) is 16.2 Å². The van der Waals surface area contributed by atoms with Crippen molar-refractivity contribution in [2.75, 3.05) is 4.72 Å². The number of rotatable bonds is 3. The van der Waals surface area contributed by atoms with Crippen molar-refractivity contribution >= 4 is 26.6 Å². The number of hydrogen-bond donors (Lipinski definition) is 2. The Morgan fingerprint density at radius 2 is 1.87 bits per heavy atom. The lowest BCUT2D eigenvalue weighted by molar-refractivity contribution is -0.141. The summed E-state index contributed by atoms with van der Waals surface area (Å²) in [6.45, 7) is 0. The Bertz CT molecular complexity index is 949. The van der Waals surface area contributed by atoms with E-state index in [9.17, 15) is 21.6 Å². The average Bonchev–Trinajstić information content (AvgIpc) is 2.93. The van der Waals surface area contributed by atoms with E-state index in [0.717, 1.165) is 11.5 Å². The number of sulfonamides is 1. The predicted octanol–water partition coefficient (Wildman–Crippen LogP) is 2.78. The zero-order valence-electron chi connectivity index (χ0n) is 11.3. The smallest absolute Gasteiger partial charge is 0.280 e. The molecule has 120 valence electrons. The number of pyridine rings is 1. The van der Waals surface area contributed by atoms with Crippen molar-refractivity contribution in [1.29, 1.82) is 0 Å². The third-order valence-corrected chi connectivity index (χ3v) is 4.40. The molecule has 0 aliphatic rings. The van der Waals surface area contributed by atoms with Crippen LogP contribution in [0.4, 0.5) is 18.9 Å². The molecule has 0 atom stereocenters. The number of H-pyrrole nitrogens is 1. The molecule has 0 radical (unpaired) electrons. The number of nitrogens with one attached hydrogen (secondary N) is 2. The summed E-state index contributed by atoms with van der Waals surface area (Å²) in [5.41, 5.74) is -0.285. The Morgan fingerprint density at radius 3 is 2.52 bits per heavy atom. The fourth-order valence-electron chi connectivity index (χ4n) is 1.92. The second-order valence-electron chi connectivity index (χ2n) is 4.65. The number of aromatic amines is 1. The Balaban J connectivity index is 1.88. The fraction of sp³-hybridized carbons (Fsp3) is 0.0769. The van der Waals surface area contributed by atoms with Gasteiger partial charge in [-0.3, -0.25) is 14.8 Å². The molecule has 3 aromatic rings. The van der Waals surface area contributed by atoms with Crippen molar-refractivity contribution in [3.63, 3.8) is 0 Å². The highest BCUT2D eigenvalue weighted by Gasteiger charge is 2.32. The summed E-state index contributed by atoms with van der Waals surface area (Å²) in [6.07, 6.45) is -2.38. The molecule has 0 bridgehead atoms. The largest absolute Gasteiger partial charge is 0.433 e. The van der Waals surface area contributed by atoms with Crippen molar-refractivity contribution in [3.05, 3.63) is 48.4 Å². The highest BCUT2D eigenvalue weighted by molar-refractivity contribution is 7.92. The van der Waals surface area contributed by atoms with E-state index in [-0.39, 0.29) is 10.6 Å². The molecule has 0 saturated carbocycles. The maximum Gasteiger partial charge on any atom is 0.433 e. The normalized spacial score (nSPS) is 12.5. The summed E-state index contributed by atoms with van der Waals surface area (Å²) < 4.78 is 64.0. The number of halogens is 3. The van der Waals surface area contributed by atoms with E-state index in [1.165, 1.54) is 12.1 Å². The molecule has 2 aromatic heterocycles. The number of benzene rings is 1. The monoisotopic (exact) mass is 342 g/mol. The summed E-state index contributed by atoms with van der Waals surface area (Å²) in [5.74, 6) is 0. The number of anilines is 1. The maximum absolute atomic E-state index is 12.4. The summed E-state index contributed by atoms with van der Waals surface area (Å²) >= 11 is 0. The van der Waals surface area contributed by atoms with Crippen molar-refractivity contribution in [2.45, 2.75) is 11.1 Å². The molecule has 0 spiro atoms. The minimum atomic E-state index is -4.62. The van der Waals surface area contributed by atoms with E-state index < -0.39 is 21.9 Å². The zero-order valence-corrected chi connectivity index (χ0v) is 12.1. The minimum Gasteiger partial charge on any atom is -0.280 e. The molecule has 6 nitrogen and oxygen atoms in total. The van der Waals surface area contributed by atoms with E-state index in [0.29, 0.717) is 17.8 Å². The SMILES string of the molecule is O=S(=O)(Nc1ccc2cn[nH]c2c1)c1ccc(C(F)(F)F)nc1. The van der Waals surface area contributed by atoms with Crippen LogP contribution in [0.25, 0.3) is 10.9 Å². The molecule has 3 rings (SSSR count). The van der Waals surface area contributed by atoms with Gasteiger partial charge in [-0.2, -0.15) is 18.3 Å². The molecule has 2 N–H and O–H groups in total. The average molecular weight is 342 g/mol. The first-order valence-corrected chi connectivity index (χ1v) is 7.73. The third kappa shape index (κ3) is 3.11. The highest BCUT2D eigenvalue weighted by atomic mass is 32.2. The topological polar surface area (TPSA) is 87.7 Å². The lowest BCUT2D eigenvalue weighted by Gasteiger charge is -2.09. The number of fused-ring (bicyclic) bond motifs is 1. The molecular weight excluding hydrogens is 333 g/mol. The summed E-state index contributed by atoms with van der Waals surface area (Å²) in [6, 6.07) is 6.17. The van der Waals surface area contributed by atoms with Gasteiger partial charge in [0.1, 0.15) is 10.6 Å². The Hall–Kier alpha value is -2.62. The van der Waals surface area contributed by atoms with Gasteiger partial charge in [0.15, 0.2) is 0 Å². The van der Waals surface area contributed by atoms with Gasteiger partial charge in [0.05, 0.1) is 17.4 Å². The van der Waals surface area contributed by atoms with Crippen molar-refractivity contribution in [1.82, 2.24) is 15.2 Å². The zero-order chi connectivity index (χ0) is 16.7. The van der Waals surface area contributed by atoms with Gasteiger partial charge in [0.2, 0.25) is 0 Å². The Morgan fingerprint density at radius 1 is 1.09 bits per heavy atom. The second-order valence-corrected chi connectivity index (χ2v) is 6.34. The van der Waals surface area contributed by atoms with Gasteiger partial charge in [-0.25, -0.2) is 8.42 Å². The molecule has 2 heterocycles. The lowest BCUT2D eigenvalue weighted by Crippen LogP contribution is -2.14. The first-order valence-electron chi connectivity index (χ1n) is 6.25. The van der Waals surface area contributed by atoms with E-state index >= 15 is 0 Å². The van der Waals surface area contributed by atoms with E-state index in [1.807, 2.05) is 0 Å².